The Kier molecular flexibility index (Phi) is 5.33. The number of hydrogen-bond donors (Lipinski definition) is 1. The number of ether oxygens (including phenoxy) is 2. The summed E-state index contributed by atoms with van der Waals surface area (Å²) in [6.45, 7) is 3.76. The Morgan fingerprint density at radius 3 is 2.76 bits per heavy atom. The van der Waals surface area contributed by atoms with Gasteiger partial charge in [-0.1, -0.05) is 6.92 Å². The first-order chi connectivity index (χ1) is 12.2. The molecular formula is C18H21N3O4. The van der Waals surface area contributed by atoms with Gasteiger partial charge in [-0.05, 0) is 24.6 Å². The summed E-state index contributed by atoms with van der Waals surface area (Å²) in [7, 11) is 0. The molecule has 0 saturated heterocycles. The highest BCUT2D eigenvalue weighted by atomic mass is 16.6. The number of carbonyl (C=O) groups excluding carboxylic acids is 2. The van der Waals surface area contributed by atoms with E-state index in [1.54, 1.807) is 35.1 Å². The molecule has 0 atom stereocenters. The van der Waals surface area contributed by atoms with Crippen LogP contribution in [0.25, 0.3) is 0 Å². The van der Waals surface area contributed by atoms with E-state index >= 15 is 0 Å². The Labute approximate surface area is 145 Å². The van der Waals surface area contributed by atoms with E-state index in [1.165, 1.54) is 0 Å². The fourth-order valence-corrected chi connectivity index (χ4v) is 2.62. The molecule has 0 unspecified atom stereocenters. The zero-order chi connectivity index (χ0) is 17.6. The summed E-state index contributed by atoms with van der Waals surface area (Å²) in [5.41, 5.74) is 0.521. The molecule has 0 spiro atoms. The summed E-state index contributed by atoms with van der Waals surface area (Å²) in [6.07, 6.45) is 2.82. The maximum Gasteiger partial charge on any atom is 0.225 e. The van der Waals surface area contributed by atoms with Crippen LogP contribution in [0.1, 0.15) is 36.5 Å². The van der Waals surface area contributed by atoms with Gasteiger partial charge in [0.1, 0.15) is 19.0 Å². The van der Waals surface area contributed by atoms with Crippen LogP contribution >= 0.6 is 0 Å². The van der Waals surface area contributed by atoms with Gasteiger partial charge in [0.15, 0.2) is 17.3 Å². The second kappa shape index (κ2) is 7.83. The maximum absolute atomic E-state index is 12.3. The molecule has 7 nitrogen and oxygen atoms in total. The zero-order valence-electron chi connectivity index (χ0n) is 14.2. The van der Waals surface area contributed by atoms with Gasteiger partial charge in [0.25, 0.3) is 0 Å². The van der Waals surface area contributed by atoms with Crippen molar-refractivity contribution in [3.8, 4) is 11.5 Å². The van der Waals surface area contributed by atoms with Gasteiger partial charge in [0.05, 0.1) is 6.20 Å². The van der Waals surface area contributed by atoms with Crippen molar-refractivity contribution < 1.29 is 19.1 Å². The number of carbonyl (C=O) groups is 2. The van der Waals surface area contributed by atoms with E-state index in [9.17, 15) is 9.59 Å². The number of Topliss-reactive ketones (excluding diaryl/α,β-unsaturated/α-hetero) is 1. The normalized spacial score (nSPS) is 12.7. The summed E-state index contributed by atoms with van der Waals surface area (Å²) in [4.78, 5) is 24.4. The topological polar surface area (TPSA) is 82.5 Å². The fraction of sp³-hybridized carbons (Fsp3) is 0.389. The van der Waals surface area contributed by atoms with Crippen molar-refractivity contribution in [1.29, 1.82) is 0 Å². The first kappa shape index (κ1) is 17.0. The lowest BCUT2D eigenvalue weighted by molar-refractivity contribution is -0.116. The Bertz CT molecular complexity index is 769. The Hall–Kier alpha value is -2.83. The minimum atomic E-state index is -0.205. The van der Waals surface area contributed by atoms with Gasteiger partial charge < -0.3 is 14.8 Å². The standard InChI is InChI=1S/C18H21N3O4/c1-2-9-21-17(7-8-19-21)20-18(23)6-4-14(22)13-3-5-15-16(12-13)25-11-10-24-15/h3,5,7-8,12H,2,4,6,9-11H2,1H3,(H,20,23). The molecule has 0 aliphatic carbocycles. The minimum absolute atomic E-state index is 0.103. The van der Waals surface area contributed by atoms with Crippen molar-refractivity contribution >= 4 is 17.5 Å². The van der Waals surface area contributed by atoms with Gasteiger partial charge in [-0.15, -0.1) is 0 Å². The van der Waals surface area contributed by atoms with E-state index in [2.05, 4.69) is 10.4 Å². The first-order valence-corrected chi connectivity index (χ1v) is 8.42. The van der Waals surface area contributed by atoms with Crippen molar-refractivity contribution in [1.82, 2.24) is 9.78 Å². The second-order valence-corrected chi connectivity index (χ2v) is 5.77. The number of aryl methyl sites for hydroxylation is 1. The third kappa shape index (κ3) is 4.17. The van der Waals surface area contributed by atoms with Gasteiger partial charge in [0, 0.05) is 31.0 Å². The number of anilines is 1. The number of ketones is 1. The molecule has 3 rings (SSSR count). The van der Waals surface area contributed by atoms with Crippen LogP contribution in [0.4, 0.5) is 5.82 Å². The van der Waals surface area contributed by atoms with Crippen molar-refractivity contribution in [3.63, 3.8) is 0 Å². The molecule has 0 saturated carbocycles. The SMILES string of the molecule is CCCn1nccc1NC(=O)CCC(=O)c1ccc2c(c1)OCCO2. The highest BCUT2D eigenvalue weighted by Gasteiger charge is 2.16. The monoisotopic (exact) mass is 343 g/mol. The molecule has 0 fully saturated rings. The molecule has 1 aromatic heterocycles. The predicted molar refractivity (Wildman–Crippen MR) is 92.1 cm³/mol. The van der Waals surface area contributed by atoms with Crippen LogP contribution < -0.4 is 14.8 Å². The van der Waals surface area contributed by atoms with Crippen LogP contribution in [0.3, 0.4) is 0 Å². The number of fused-ring (bicyclic) bond motifs is 1. The van der Waals surface area contributed by atoms with Gasteiger partial charge in [0.2, 0.25) is 5.91 Å². The summed E-state index contributed by atoms with van der Waals surface area (Å²) < 4.78 is 12.7. The van der Waals surface area contributed by atoms with E-state index < -0.39 is 0 Å². The van der Waals surface area contributed by atoms with Crippen molar-refractivity contribution in [3.05, 3.63) is 36.0 Å². The number of nitrogens with zero attached hydrogens (tertiary/aromatic N) is 2. The van der Waals surface area contributed by atoms with E-state index in [-0.39, 0.29) is 24.5 Å². The molecule has 1 N–H and O–H groups in total. The maximum atomic E-state index is 12.3. The summed E-state index contributed by atoms with van der Waals surface area (Å²) in [5, 5.41) is 6.95. The second-order valence-electron chi connectivity index (χ2n) is 5.77. The molecule has 1 aliphatic heterocycles. The average Bonchev–Trinajstić information content (AvgIpc) is 3.06. The molecule has 1 aromatic carbocycles. The number of nitrogens with one attached hydrogen (secondary N) is 1. The van der Waals surface area contributed by atoms with Crippen molar-refractivity contribution in [2.45, 2.75) is 32.7 Å². The Morgan fingerprint density at radius 1 is 1.16 bits per heavy atom. The van der Waals surface area contributed by atoms with Gasteiger partial charge in [-0.25, -0.2) is 4.68 Å². The third-order valence-electron chi connectivity index (χ3n) is 3.86. The molecule has 7 heteroatoms. The summed E-state index contributed by atoms with van der Waals surface area (Å²) in [6, 6.07) is 6.84. The largest absolute Gasteiger partial charge is 0.486 e. The first-order valence-electron chi connectivity index (χ1n) is 8.42. The number of amides is 1. The molecular weight excluding hydrogens is 322 g/mol. The molecule has 2 aromatic rings. The summed E-state index contributed by atoms with van der Waals surface area (Å²) >= 11 is 0. The fourth-order valence-electron chi connectivity index (χ4n) is 2.62. The van der Waals surface area contributed by atoms with Crippen LogP contribution in [0, 0.1) is 0 Å². The molecule has 2 heterocycles. The lowest BCUT2D eigenvalue weighted by Gasteiger charge is -2.18. The third-order valence-corrected chi connectivity index (χ3v) is 3.86. The van der Waals surface area contributed by atoms with Crippen LogP contribution in [0.2, 0.25) is 0 Å². The van der Waals surface area contributed by atoms with Crippen LogP contribution in [-0.4, -0.2) is 34.7 Å². The highest BCUT2D eigenvalue weighted by molar-refractivity contribution is 6.00. The van der Waals surface area contributed by atoms with Gasteiger partial charge in [-0.3, -0.25) is 9.59 Å². The predicted octanol–water partition coefficient (Wildman–Crippen LogP) is 2.67. The Balaban J connectivity index is 1.55. The number of hydrogen-bond acceptors (Lipinski definition) is 5. The van der Waals surface area contributed by atoms with Crippen LogP contribution in [0.15, 0.2) is 30.5 Å². The molecule has 132 valence electrons. The molecule has 25 heavy (non-hydrogen) atoms. The van der Waals surface area contributed by atoms with Gasteiger partial charge >= 0.3 is 0 Å². The van der Waals surface area contributed by atoms with E-state index in [0.29, 0.717) is 36.1 Å². The van der Waals surface area contributed by atoms with E-state index in [1.807, 2.05) is 6.92 Å². The zero-order valence-corrected chi connectivity index (χ0v) is 14.2. The minimum Gasteiger partial charge on any atom is -0.486 e. The van der Waals surface area contributed by atoms with Crippen LogP contribution in [-0.2, 0) is 11.3 Å². The lowest BCUT2D eigenvalue weighted by Crippen LogP contribution is -2.17. The van der Waals surface area contributed by atoms with Crippen molar-refractivity contribution in [2.24, 2.45) is 0 Å². The van der Waals surface area contributed by atoms with Crippen LogP contribution in [0.5, 0.6) is 11.5 Å². The van der Waals surface area contributed by atoms with E-state index in [0.717, 1.165) is 13.0 Å². The molecule has 0 bridgehead atoms. The van der Waals surface area contributed by atoms with E-state index in [4.69, 9.17) is 9.47 Å². The number of rotatable bonds is 7. The quantitative estimate of drug-likeness (QED) is 0.782. The van der Waals surface area contributed by atoms with Gasteiger partial charge in [-0.2, -0.15) is 5.10 Å². The smallest absolute Gasteiger partial charge is 0.225 e. The Morgan fingerprint density at radius 2 is 1.96 bits per heavy atom. The number of benzene rings is 1. The average molecular weight is 343 g/mol. The molecule has 0 radical (unpaired) electrons. The number of aromatic nitrogens is 2. The molecule has 1 amide bonds. The summed E-state index contributed by atoms with van der Waals surface area (Å²) in [5.74, 6) is 1.56. The molecule has 1 aliphatic rings. The van der Waals surface area contributed by atoms with Crippen molar-refractivity contribution in [2.75, 3.05) is 18.5 Å². The highest BCUT2D eigenvalue weighted by Crippen LogP contribution is 2.31. The lowest BCUT2D eigenvalue weighted by atomic mass is 10.1.